The van der Waals surface area contributed by atoms with E-state index in [-0.39, 0.29) is 0 Å². The smallest absolute Gasteiger partial charge is 0.348 e. The van der Waals surface area contributed by atoms with Crippen LogP contribution in [0.15, 0.2) is 0 Å². The summed E-state index contributed by atoms with van der Waals surface area (Å²) in [5.41, 5.74) is 12.0. The zero-order valence-electron chi connectivity index (χ0n) is 4.97. The number of amides is 4. The molecule has 0 saturated heterocycles. The molecule has 8 N–H and O–H groups in total. The van der Waals surface area contributed by atoms with Crippen molar-refractivity contribution in [3.8, 4) is 0 Å². The molecule has 0 fully saturated rings. The van der Waals surface area contributed by atoms with Crippen molar-refractivity contribution in [3.05, 3.63) is 0 Å². The van der Waals surface area contributed by atoms with Crippen LogP contribution in [0.25, 0.3) is 0 Å². The lowest BCUT2D eigenvalue weighted by molar-refractivity contribution is 0.225. The Balaban J connectivity index is 3.30. The van der Waals surface area contributed by atoms with Crippen LogP contribution in [-0.2, 0) is 0 Å². The monoisotopic (exact) mass is 148 g/mol. The number of hydrogen-bond donors (Lipinski definition) is 6. The predicted octanol–water partition coefficient (Wildman–Crippen LogP) is -2.75. The van der Waals surface area contributed by atoms with E-state index in [4.69, 9.17) is 0 Å². The highest BCUT2D eigenvalue weighted by Crippen LogP contribution is 1.53. The molecule has 0 aromatic heterocycles. The molecule has 0 atom stereocenters. The van der Waals surface area contributed by atoms with Crippen LogP contribution in [-0.4, -0.2) is 12.1 Å². The fourth-order valence-electron chi connectivity index (χ4n) is 0.215. The summed E-state index contributed by atoms with van der Waals surface area (Å²) in [6, 6.07) is -1.59. The average molecular weight is 148 g/mol. The molecular formula is C2H8N6O2. The largest absolute Gasteiger partial charge is 0.350 e. The summed E-state index contributed by atoms with van der Waals surface area (Å²) in [4.78, 5) is 20.2. The first-order valence-electron chi connectivity index (χ1n) is 2.24. The quantitative estimate of drug-likeness (QED) is 0.177. The van der Waals surface area contributed by atoms with Crippen molar-refractivity contribution in [2.45, 2.75) is 0 Å². The summed E-state index contributed by atoms with van der Waals surface area (Å²) in [7, 11) is 0. The molecule has 0 spiro atoms. The number of rotatable bonds is 1. The van der Waals surface area contributed by atoms with Crippen molar-refractivity contribution in [2.75, 3.05) is 0 Å². The van der Waals surface area contributed by atoms with E-state index in [0.29, 0.717) is 0 Å². The molecule has 10 heavy (non-hydrogen) atoms. The number of nitrogens with two attached hydrogens (primary N) is 2. The molecule has 0 aromatic rings. The van der Waals surface area contributed by atoms with Gasteiger partial charge in [0.15, 0.2) is 0 Å². The van der Waals surface area contributed by atoms with Gasteiger partial charge in [0.05, 0.1) is 0 Å². The molecule has 0 heterocycles. The fraction of sp³-hybridized carbons (Fsp3) is 0. The molecule has 8 nitrogen and oxygen atoms in total. The minimum absolute atomic E-state index is 0.721. The van der Waals surface area contributed by atoms with Gasteiger partial charge in [-0.25, -0.2) is 20.4 Å². The van der Waals surface area contributed by atoms with E-state index in [1.165, 1.54) is 0 Å². The van der Waals surface area contributed by atoms with Gasteiger partial charge >= 0.3 is 12.1 Å². The van der Waals surface area contributed by atoms with Crippen LogP contribution in [0.1, 0.15) is 0 Å². The third kappa shape index (κ3) is 4.61. The van der Waals surface area contributed by atoms with Crippen LogP contribution in [0, 0.1) is 0 Å². The Morgan fingerprint density at radius 1 is 1.10 bits per heavy atom. The van der Waals surface area contributed by atoms with Crippen molar-refractivity contribution in [3.63, 3.8) is 0 Å². The maximum absolute atomic E-state index is 10.3. The van der Waals surface area contributed by atoms with Gasteiger partial charge in [-0.05, 0) is 0 Å². The van der Waals surface area contributed by atoms with Gasteiger partial charge in [0, 0.05) is 0 Å². The number of carbonyl (C=O) groups is 2. The molecule has 0 aliphatic rings. The molecule has 0 radical (unpaired) electrons. The molecule has 0 aromatic carbocycles. The third-order valence-electron chi connectivity index (χ3n) is 0.485. The number of urea groups is 2. The maximum atomic E-state index is 10.3. The Kier molecular flexibility index (Phi) is 3.68. The van der Waals surface area contributed by atoms with Crippen LogP contribution >= 0.6 is 0 Å². The molecule has 0 unspecified atom stereocenters. The van der Waals surface area contributed by atoms with Crippen molar-refractivity contribution in [1.82, 2.24) is 21.8 Å². The Morgan fingerprint density at radius 3 is 2.10 bits per heavy atom. The minimum Gasteiger partial charge on any atom is -0.350 e. The first-order valence-corrected chi connectivity index (χ1v) is 2.24. The standard InChI is InChI=1S/C2H8N6O2/c3-1(9)5-6-2(10)7-8-4/h8H,4H2,(H3,3,5,9)(H2,6,7,10). The molecule has 0 saturated carbocycles. The molecule has 0 aliphatic heterocycles. The highest BCUT2D eigenvalue weighted by atomic mass is 16.2. The molecular weight excluding hydrogens is 140 g/mol. The highest BCUT2D eigenvalue weighted by molar-refractivity contribution is 5.78. The Hall–Kier alpha value is -1.54. The Labute approximate surface area is 56.2 Å². The first-order chi connectivity index (χ1) is 4.66. The zero-order chi connectivity index (χ0) is 7.98. The summed E-state index contributed by atoms with van der Waals surface area (Å²) >= 11 is 0. The average Bonchev–Trinajstić information content (AvgIpc) is 1.85. The number of primary amides is 1. The van der Waals surface area contributed by atoms with E-state index in [1.807, 2.05) is 21.8 Å². The van der Waals surface area contributed by atoms with Gasteiger partial charge in [-0.15, -0.1) is 0 Å². The van der Waals surface area contributed by atoms with E-state index in [2.05, 4.69) is 11.6 Å². The van der Waals surface area contributed by atoms with Crippen LogP contribution in [0.3, 0.4) is 0 Å². The van der Waals surface area contributed by atoms with Crippen molar-refractivity contribution in [2.24, 2.45) is 11.6 Å². The van der Waals surface area contributed by atoms with Crippen molar-refractivity contribution >= 4 is 12.1 Å². The number of carbonyl (C=O) groups excluding carboxylic acids is 2. The van der Waals surface area contributed by atoms with Crippen LogP contribution in [0.5, 0.6) is 0 Å². The van der Waals surface area contributed by atoms with E-state index in [1.54, 1.807) is 0 Å². The number of nitrogens with one attached hydrogen (secondary N) is 4. The summed E-state index contributed by atoms with van der Waals surface area (Å²) in [6.07, 6.45) is 0. The van der Waals surface area contributed by atoms with Gasteiger partial charge in [-0.1, -0.05) is 0 Å². The lowest BCUT2D eigenvalue weighted by atomic mass is 11.0. The summed E-state index contributed by atoms with van der Waals surface area (Å²) < 4.78 is 0. The van der Waals surface area contributed by atoms with E-state index < -0.39 is 12.1 Å². The Bertz CT molecular complexity index is 134. The zero-order valence-corrected chi connectivity index (χ0v) is 4.97. The van der Waals surface area contributed by atoms with Gasteiger partial charge in [-0.2, -0.15) is 5.53 Å². The SMILES string of the molecule is NNNC(=O)NNC(N)=O. The normalized spacial score (nSPS) is 8.10. The van der Waals surface area contributed by atoms with Gasteiger partial charge in [0.25, 0.3) is 0 Å². The lowest BCUT2D eigenvalue weighted by Gasteiger charge is -2.04. The molecule has 58 valence electrons. The van der Waals surface area contributed by atoms with Crippen LogP contribution < -0.4 is 33.4 Å². The van der Waals surface area contributed by atoms with Gasteiger partial charge in [-0.3, -0.25) is 11.3 Å². The molecule has 4 amide bonds. The first kappa shape index (κ1) is 8.46. The summed E-state index contributed by atoms with van der Waals surface area (Å²) in [6.45, 7) is 0. The van der Waals surface area contributed by atoms with E-state index in [0.717, 1.165) is 0 Å². The van der Waals surface area contributed by atoms with Crippen LogP contribution in [0.2, 0.25) is 0 Å². The van der Waals surface area contributed by atoms with Crippen molar-refractivity contribution in [1.29, 1.82) is 0 Å². The second-order valence-electron chi connectivity index (χ2n) is 1.21. The van der Waals surface area contributed by atoms with Gasteiger partial charge < -0.3 is 5.73 Å². The van der Waals surface area contributed by atoms with E-state index in [9.17, 15) is 9.59 Å². The minimum atomic E-state index is -0.868. The van der Waals surface area contributed by atoms with Gasteiger partial charge in [0.2, 0.25) is 0 Å². The predicted molar refractivity (Wildman–Crippen MR) is 31.7 cm³/mol. The Morgan fingerprint density at radius 2 is 1.70 bits per heavy atom. The molecule has 8 heteroatoms. The second kappa shape index (κ2) is 4.35. The topological polar surface area (TPSA) is 134 Å². The number of hydrazine groups is 3. The third-order valence-corrected chi connectivity index (χ3v) is 0.485. The fourth-order valence-corrected chi connectivity index (χ4v) is 0.215. The van der Waals surface area contributed by atoms with Gasteiger partial charge in [0.1, 0.15) is 0 Å². The molecule has 0 bridgehead atoms. The van der Waals surface area contributed by atoms with E-state index >= 15 is 0 Å². The number of hydrogen-bond acceptors (Lipinski definition) is 4. The summed E-state index contributed by atoms with van der Waals surface area (Å²) in [5.74, 6) is 4.67. The van der Waals surface area contributed by atoms with Crippen LogP contribution in [0.4, 0.5) is 9.59 Å². The lowest BCUT2D eigenvalue weighted by Crippen LogP contribution is -2.54. The summed E-state index contributed by atoms with van der Waals surface area (Å²) in [5, 5.41) is 0. The molecule has 0 aliphatic carbocycles. The molecule has 0 rings (SSSR count). The second-order valence-corrected chi connectivity index (χ2v) is 1.21. The maximum Gasteiger partial charge on any atom is 0.348 e. The van der Waals surface area contributed by atoms with Crippen molar-refractivity contribution < 1.29 is 9.59 Å². The highest BCUT2D eigenvalue weighted by Gasteiger charge is 1.95.